The molecular formula is C18H20ClN3O. The van der Waals surface area contributed by atoms with E-state index in [1.807, 2.05) is 23.1 Å². The molecule has 0 bridgehead atoms. The SMILES string of the molecule is O=C(c1ccncc1)N1CCN(CCc2cccc(Cl)c2)CC1. The number of amides is 1. The van der Waals surface area contributed by atoms with Crippen LogP contribution in [0.15, 0.2) is 48.8 Å². The summed E-state index contributed by atoms with van der Waals surface area (Å²) in [6, 6.07) is 11.6. The van der Waals surface area contributed by atoms with Gasteiger partial charge in [-0.3, -0.25) is 14.7 Å². The molecular weight excluding hydrogens is 310 g/mol. The molecule has 0 atom stereocenters. The third-order valence-corrected chi connectivity index (χ3v) is 4.43. The van der Waals surface area contributed by atoms with Crippen molar-refractivity contribution < 1.29 is 4.79 Å². The highest BCUT2D eigenvalue weighted by atomic mass is 35.5. The lowest BCUT2D eigenvalue weighted by molar-refractivity contribution is 0.0638. The predicted octanol–water partition coefficient (Wildman–Crippen LogP) is 2.74. The highest BCUT2D eigenvalue weighted by Gasteiger charge is 2.21. The van der Waals surface area contributed by atoms with Crippen LogP contribution in [0, 0.1) is 0 Å². The van der Waals surface area contributed by atoms with Crippen molar-refractivity contribution in [2.24, 2.45) is 0 Å². The van der Waals surface area contributed by atoms with Crippen molar-refractivity contribution in [1.29, 1.82) is 0 Å². The fraction of sp³-hybridized carbons (Fsp3) is 0.333. The normalized spacial score (nSPS) is 15.6. The lowest BCUT2D eigenvalue weighted by atomic mass is 10.1. The average molecular weight is 330 g/mol. The molecule has 2 aromatic rings. The van der Waals surface area contributed by atoms with Crippen LogP contribution in [0.2, 0.25) is 5.02 Å². The van der Waals surface area contributed by atoms with E-state index in [1.54, 1.807) is 24.5 Å². The number of hydrogen-bond donors (Lipinski definition) is 0. The summed E-state index contributed by atoms with van der Waals surface area (Å²) in [6.45, 7) is 4.37. The monoisotopic (exact) mass is 329 g/mol. The van der Waals surface area contributed by atoms with Gasteiger partial charge >= 0.3 is 0 Å². The van der Waals surface area contributed by atoms with Crippen molar-refractivity contribution in [2.45, 2.75) is 6.42 Å². The molecule has 23 heavy (non-hydrogen) atoms. The number of carbonyl (C=O) groups excluding carboxylic acids is 1. The molecule has 0 saturated carbocycles. The van der Waals surface area contributed by atoms with Gasteiger partial charge in [0.1, 0.15) is 0 Å². The smallest absolute Gasteiger partial charge is 0.254 e. The first-order valence-corrected chi connectivity index (χ1v) is 8.26. The summed E-state index contributed by atoms with van der Waals surface area (Å²) in [6.07, 6.45) is 4.31. The summed E-state index contributed by atoms with van der Waals surface area (Å²) >= 11 is 6.02. The molecule has 1 aromatic heterocycles. The molecule has 0 unspecified atom stereocenters. The molecule has 5 heteroatoms. The number of hydrogen-bond acceptors (Lipinski definition) is 3. The van der Waals surface area contributed by atoms with E-state index >= 15 is 0 Å². The van der Waals surface area contributed by atoms with Crippen LogP contribution in [0.1, 0.15) is 15.9 Å². The van der Waals surface area contributed by atoms with Crippen molar-refractivity contribution in [3.05, 3.63) is 64.9 Å². The molecule has 4 nitrogen and oxygen atoms in total. The van der Waals surface area contributed by atoms with E-state index in [9.17, 15) is 4.79 Å². The maximum atomic E-state index is 12.4. The van der Waals surface area contributed by atoms with Gasteiger partial charge in [0.2, 0.25) is 0 Å². The third kappa shape index (κ3) is 4.30. The van der Waals surface area contributed by atoms with E-state index in [-0.39, 0.29) is 5.91 Å². The van der Waals surface area contributed by atoms with Crippen LogP contribution >= 0.6 is 11.6 Å². The number of pyridine rings is 1. The molecule has 1 fully saturated rings. The molecule has 1 aliphatic rings. The van der Waals surface area contributed by atoms with E-state index in [4.69, 9.17) is 11.6 Å². The van der Waals surface area contributed by atoms with Crippen LogP contribution in [-0.4, -0.2) is 53.4 Å². The number of rotatable bonds is 4. The minimum Gasteiger partial charge on any atom is -0.336 e. The Kier molecular flexibility index (Phi) is 5.26. The number of nitrogens with zero attached hydrogens (tertiary/aromatic N) is 3. The molecule has 1 amide bonds. The minimum atomic E-state index is 0.0990. The third-order valence-electron chi connectivity index (χ3n) is 4.19. The first kappa shape index (κ1) is 16.0. The summed E-state index contributed by atoms with van der Waals surface area (Å²) in [5, 5.41) is 0.787. The Balaban J connectivity index is 1.48. The van der Waals surface area contributed by atoms with Crippen LogP contribution in [0.25, 0.3) is 0 Å². The average Bonchev–Trinajstić information content (AvgIpc) is 2.61. The molecule has 0 N–H and O–H groups in total. The van der Waals surface area contributed by atoms with Crippen molar-refractivity contribution in [2.75, 3.05) is 32.7 Å². The van der Waals surface area contributed by atoms with Gasteiger partial charge in [0.15, 0.2) is 0 Å². The standard InChI is InChI=1S/C18H20ClN3O/c19-17-3-1-2-15(14-17)6-9-21-10-12-22(13-11-21)18(23)16-4-7-20-8-5-16/h1-5,7-8,14H,6,9-13H2. The van der Waals surface area contributed by atoms with Crippen molar-refractivity contribution in [1.82, 2.24) is 14.8 Å². The molecule has 1 aliphatic heterocycles. The number of carbonyl (C=O) groups is 1. The van der Waals surface area contributed by atoms with Gasteiger partial charge in [-0.1, -0.05) is 23.7 Å². The number of piperazine rings is 1. The van der Waals surface area contributed by atoms with Gasteiger partial charge in [0, 0.05) is 55.7 Å². The molecule has 1 aromatic carbocycles. The van der Waals surface area contributed by atoms with Crippen molar-refractivity contribution >= 4 is 17.5 Å². The number of halogens is 1. The van der Waals surface area contributed by atoms with Gasteiger partial charge < -0.3 is 4.90 Å². The molecule has 2 heterocycles. The highest BCUT2D eigenvalue weighted by Crippen LogP contribution is 2.13. The van der Waals surface area contributed by atoms with Gasteiger partial charge in [-0.05, 0) is 36.2 Å². The molecule has 0 aliphatic carbocycles. The quantitative estimate of drug-likeness (QED) is 0.865. The van der Waals surface area contributed by atoms with Crippen LogP contribution in [0.5, 0.6) is 0 Å². The Morgan fingerprint density at radius 1 is 1.09 bits per heavy atom. The van der Waals surface area contributed by atoms with Crippen molar-refractivity contribution in [3.8, 4) is 0 Å². The molecule has 1 saturated heterocycles. The van der Waals surface area contributed by atoms with Crippen LogP contribution in [0.4, 0.5) is 0 Å². The Morgan fingerprint density at radius 2 is 1.83 bits per heavy atom. The van der Waals surface area contributed by atoms with Gasteiger partial charge in [-0.15, -0.1) is 0 Å². The zero-order valence-corrected chi connectivity index (χ0v) is 13.7. The highest BCUT2D eigenvalue weighted by molar-refractivity contribution is 6.30. The van der Waals surface area contributed by atoms with Gasteiger partial charge in [-0.25, -0.2) is 0 Å². The molecule has 3 rings (SSSR count). The fourth-order valence-electron chi connectivity index (χ4n) is 2.83. The topological polar surface area (TPSA) is 36.4 Å². The van der Waals surface area contributed by atoms with E-state index in [2.05, 4.69) is 16.0 Å². The van der Waals surface area contributed by atoms with Crippen LogP contribution < -0.4 is 0 Å². The lowest BCUT2D eigenvalue weighted by Gasteiger charge is -2.34. The van der Waals surface area contributed by atoms with E-state index in [1.165, 1.54) is 5.56 Å². The summed E-state index contributed by atoms with van der Waals surface area (Å²) < 4.78 is 0. The number of aromatic nitrogens is 1. The minimum absolute atomic E-state index is 0.0990. The lowest BCUT2D eigenvalue weighted by Crippen LogP contribution is -2.49. The van der Waals surface area contributed by atoms with Gasteiger partial charge in [0.05, 0.1) is 0 Å². The molecule has 0 radical (unpaired) electrons. The van der Waals surface area contributed by atoms with Gasteiger partial charge in [-0.2, -0.15) is 0 Å². The second-order valence-corrected chi connectivity index (χ2v) is 6.19. The van der Waals surface area contributed by atoms with Crippen LogP contribution in [-0.2, 0) is 6.42 Å². The van der Waals surface area contributed by atoms with Gasteiger partial charge in [0.25, 0.3) is 5.91 Å². The molecule has 0 spiro atoms. The largest absolute Gasteiger partial charge is 0.336 e. The van der Waals surface area contributed by atoms with Crippen LogP contribution in [0.3, 0.4) is 0 Å². The first-order valence-electron chi connectivity index (χ1n) is 7.88. The predicted molar refractivity (Wildman–Crippen MR) is 91.7 cm³/mol. The Morgan fingerprint density at radius 3 is 2.52 bits per heavy atom. The fourth-order valence-corrected chi connectivity index (χ4v) is 3.04. The summed E-state index contributed by atoms with van der Waals surface area (Å²) in [5.41, 5.74) is 1.97. The maximum Gasteiger partial charge on any atom is 0.254 e. The van der Waals surface area contributed by atoms with Crippen molar-refractivity contribution in [3.63, 3.8) is 0 Å². The Labute approximate surface area is 141 Å². The van der Waals surface area contributed by atoms with E-state index in [0.717, 1.165) is 44.2 Å². The zero-order chi connectivity index (χ0) is 16.1. The maximum absolute atomic E-state index is 12.4. The summed E-state index contributed by atoms with van der Waals surface area (Å²) in [5.74, 6) is 0.0990. The first-order chi connectivity index (χ1) is 11.2. The zero-order valence-electron chi connectivity index (χ0n) is 13.0. The molecule has 120 valence electrons. The summed E-state index contributed by atoms with van der Waals surface area (Å²) in [7, 11) is 0. The summed E-state index contributed by atoms with van der Waals surface area (Å²) in [4.78, 5) is 20.7. The Hall–Kier alpha value is -1.91. The second kappa shape index (κ2) is 7.57. The van der Waals surface area contributed by atoms with E-state index in [0.29, 0.717) is 5.56 Å². The second-order valence-electron chi connectivity index (χ2n) is 5.75. The Bertz CT molecular complexity index is 654. The number of benzene rings is 1. The van der Waals surface area contributed by atoms with E-state index < -0.39 is 0 Å².